The number of ether oxygens (including phenoxy) is 2. The predicted molar refractivity (Wildman–Crippen MR) is 95.4 cm³/mol. The summed E-state index contributed by atoms with van der Waals surface area (Å²) in [5.74, 6) is -0.0556. The Morgan fingerprint density at radius 3 is 2.32 bits per heavy atom. The van der Waals surface area contributed by atoms with Crippen molar-refractivity contribution in [1.29, 1.82) is 0 Å². The van der Waals surface area contributed by atoms with Crippen LogP contribution in [0.2, 0.25) is 0 Å². The molecule has 0 bridgehead atoms. The van der Waals surface area contributed by atoms with Crippen LogP contribution in [0.3, 0.4) is 0 Å². The maximum Gasteiger partial charge on any atom is 0.237 e. The number of hydrogen-bond donors (Lipinski definition) is 1. The van der Waals surface area contributed by atoms with E-state index in [4.69, 9.17) is 9.47 Å². The van der Waals surface area contributed by atoms with Crippen LogP contribution >= 0.6 is 11.8 Å². The van der Waals surface area contributed by atoms with E-state index in [0.717, 1.165) is 17.9 Å². The average Bonchev–Trinajstić information content (AvgIpc) is 2.62. The summed E-state index contributed by atoms with van der Waals surface area (Å²) in [7, 11) is 1.59. The van der Waals surface area contributed by atoms with Crippen LogP contribution in [0.1, 0.15) is 6.92 Å². The third-order valence-corrected chi connectivity index (χ3v) is 4.48. The van der Waals surface area contributed by atoms with E-state index < -0.39 is 28.5 Å². The largest absolute Gasteiger partial charge is 0.497 e. The molecule has 2 aromatic carbocycles. The molecule has 0 heterocycles. The smallest absolute Gasteiger partial charge is 0.237 e. The topological polar surface area (TPSA) is 47.6 Å². The minimum Gasteiger partial charge on any atom is -0.497 e. The van der Waals surface area contributed by atoms with Crippen LogP contribution in [-0.4, -0.2) is 30.6 Å². The number of carbonyl (C=O) groups excluding carboxylic acids is 1. The fraction of sp³-hybridized carbons (Fsp3) is 0.278. The number of carbonyl (C=O) groups is 1. The Kier molecular flexibility index (Phi) is 7.06. The van der Waals surface area contributed by atoms with Crippen LogP contribution in [0.5, 0.6) is 11.5 Å². The molecule has 7 heteroatoms. The van der Waals surface area contributed by atoms with Gasteiger partial charge in [-0.2, -0.15) is 0 Å². The van der Waals surface area contributed by atoms with Gasteiger partial charge in [-0.25, -0.2) is 8.78 Å². The van der Waals surface area contributed by atoms with Crippen molar-refractivity contribution in [2.24, 2.45) is 0 Å². The molecule has 0 saturated carbocycles. The Balaban J connectivity index is 1.75. The third kappa shape index (κ3) is 5.63. The van der Waals surface area contributed by atoms with E-state index in [-0.39, 0.29) is 0 Å². The highest BCUT2D eigenvalue weighted by molar-refractivity contribution is 8.00. The van der Waals surface area contributed by atoms with Crippen LogP contribution in [-0.2, 0) is 4.79 Å². The van der Waals surface area contributed by atoms with Gasteiger partial charge in [-0.1, -0.05) is 6.07 Å². The zero-order valence-corrected chi connectivity index (χ0v) is 14.7. The van der Waals surface area contributed by atoms with E-state index in [1.807, 2.05) is 0 Å². The first-order chi connectivity index (χ1) is 12.0. The lowest BCUT2D eigenvalue weighted by atomic mass is 10.3. The van der Waals surface area contributed by atoms with E-state index in [0.29, 0.717) is 18.1 Å². The summed E-state index contributed by atoms with van der Waals surface area (Å²) >= 11 is 1.34. The molecule has 0 fully saturated rings. The minimum absolute atomic E-state index is 0.405. The molecule has 0 radical (unpaired) electrons. The van der Waals surface area contributed by atoms with E-state index in [1.54, 1.807) is 38.3 Å². The number of hydrogen-bond acceptors (Lipinski definition) is 4. The van der Waals surface area contributed by atoms with Gasteiger partial charge in [-0.05, 0) is 43.3 Å². The van der Waals surface area contributed by atoms with E-state index in [9.17, 15) is 13.6 Å². The molecular weight excluding hydrogens is 348 g/mol. The van der Waals surface area contributed by atoms with E-state index >= 15 is 0 Å². The normalized spacial score (nSPS) is 11.7. The number of nitrogens with one attached hydrogen (secondary N) is 1. The highest BCUT2D eigenvalue weighted by atomic mass is 32.2. The molecule has 0 spiro atoms. The Bertz CT molecular complexity index is 690. The maximum atomic E-state index is 13.5. The number of anilines is 1. The van der Waals surface area contributed by atoms with Crippen molar-refractivity contribution in [3.05, 3.63) is 54.1 Å². The van der Waals surface area contributed by atoms with Crippen molar-refractivity contribution in [1.82, 2.24) is 0 Å². The third-order valence-electron chi connectivity index (χ3n) is 3.36. The first-order valence-electron chi connectivity index (χ1n) is 7.64. The summed E-state index contributed by atoms with van der Waals surface area (Å²) < 4.78 is 37.7. The van der Waals surface area contributed by atoms with Gasteiger partial charge in [0.15, 0.2) is 0 Å². The standard InChI is InChI=1S/C18H19F2NO3S/c1-12(18(22)21-17-15(19)4-3-5-16(17)20)25-11-10-24-14-8-6-13(23-2)7-9-14/h3-9,12H,10-11H2,1-2H3,(H,21,22). The van der Waals surface area contributed by atoms with Gasteiger partial charge in [0.2, 0.25) is 5.91 Å². The maximum absolute atomic E-state index is 13.5. The molecule has 0 aromatic heterocycles. The summed E-state index contributed by atoms with van der Waals surface area (Å²) in [6.07, 6.45) is 0. The molecule has 2 aromatic rings. The van der Waals surface area contributed by atoms with Crippen molar-refractivity contribution in [2.45, 2.75) is 12.2 Å². The average molecular weight is 367 g/mol. The number of benzene rings is 2. The van der Waals surface area contributed by atoms with Gasteiger partial charge in [0.05, 0.1) is 19.0 Å². The molecule has 134 valence electrons. The van der Waals surface area contributed by atoms with Gasteiger partial charge >= 0.3 is 0 Å². The van der Waals surface area contributed by atoms with E-state index in [2.05, 4.69) is 5.32 Å². The quantitative estimate of drug-likeness (QED) is 0.713. The van der Waals surface area contributed by atoms with Crippen LogP contribution in [0.25, 0.3) is 0 Å². The fourth-order valence-electron chi connectivity index (χ4n) is 1.97. The Hall–Kier alpha value is -2.28. The number of amides is 1. The number of halogens is 2. The Morgan fingerprint density at radius 1 is 1.12 bits per heavy atom. The minimum atomic E-state index is -0.798. The monoisotopic (exact) mass is 367 g/mol. The second-order valence-corrected chi connectivity index (χ2v) is 6.57. The van der Waals surface area contributed by atoms with Crippen molar-refractivity contribution in [3.8, 4) is 11.5 Å². The molecule has 1 atom stereocenters. The second kappa shape index (κ2) is 9.27. The summed E-state index contributed by atoms with van der Waals surface area (Å²) in [5.41, 5.74) is -0.422. The lowest BCUT2D eigenvalue weighted by molar-refractivity contribution is -0.115. The highest BCUT2D eigenvalue weighted by Crippen LogP contribution is 2.21. The number of rotatable bonds is 8. The Labute approximate surface area is 149 Å². The van der Waals surface area contributed by atoms with Gasteiger partial charge in [-0.3, -0.25) is 4.79 Å². The number of methoxy groups -OCH3 is 1. The molecule has 2 rings (SSSR count). The summed E-state index contributed by atoms with van der Waals surface area (Å²) in [4.78, 5) is 12.0. The van der Waals surface area contributed by atoms with Crippen molar-refractivity contribution in [2.75, 3.05) is 24.8 Å². The fourth-order valence-corrected chi connectivity index (χ4v) is 2.72. The van der Waals surface area contributed by atoms with E-state index in [1.165, 1.54) is 17.8 Å². The van der Waals surface area contributed by atoms with Crippen LogP contribution in [0.15, 0.2) is 42.5 Å². The van der Waals surface area contributed by atoms with Crippen LogP contribution in [0.4, 0.5) is 14.5 Å². The zero-order valence-electron chi connectivity index (χ0n) is 13.9. The van der Waals surface area contributed by atoms with Crippen LogP contribution in [0, 0.1) is 11.6 Å². The van der Waals surface area contributed by atoms with Crippen molar-refractivity contribution < 1.29 is 23.0 Å². The molecule has 0 aliphatic rings. The lowest BCUT2D eigenvalue weighted by Crippen LogP contribution is -2.24. The zero-order chi connectivity index (χ0) is 18.2. The number of para-hydroxylation sites is 1. The molecule has 25 heavy (non-hydrogen) atoms. The summed E-state index contributed by atoms with van der Waals surface area (Å²) in [6.45, 7) is 2.08. The molecule has 4 nitrogen and oxygen atoms in total. The van der Waals surface area contributed by atoms with Gasteiger partial charge in [-0.15, -0.1) is 11.8 Å². The molecule has 1 N–H and O–H groups in total. The second-order valence-electron chi connectivity index (χ2n) is 5.12. The van der Waals surface area contributed by atoms with Crippen molar-refractivity contribution >= 4 is 23.4 Å². The van der Waals surface area contributed by atoms with Crippen molar-refractivity contribution in [3.63, 3.8) is 0 Å². The highest BCUT2D eigenvalue weighted by Gasteiger charge is 2.17. The molecule has 0 aliphatic heterocycles. The summed E-state index contributed by atoms with van der Waals surface area (Å²) in [6, 6.07) is 10.6. The Morgan fingerprint density at radius 2 is 1.72 bits per heavy atom. The molecule has 1 amide bonds. The molecule has 1 unspecified atom stereocenters. The molecule has 0 aliphatic carbocycles. The van der Waals surface area contributed by atoms with Gasteiger partial charge in [0, 0.05) is 5.75 Å². The van der Waals surface area contributed by atoms with Crippen LogP contribution < -0.4 is 14.8 Å². The SMILES string of the molecule is COc1ccc(OCCSC(C)C(=O)Nc2c(F)cccc2F)cc1. The lowest BCUT2D eigenvalue weighted by Gasteiger charge is -2.13. The first kappa shape index (κ1) is 19.1. The predicted octanol–water partition coefficient (Wildman–Crippen LogP) is 4.11. The molecule has 0 saturated heterocycles. The molecular formula is C18H19F2NO3S. The first-order valence-corrected chi connectivity index (χ1v) is 8.69. The van der Waals surface area contributed by atoms with Gasteiger partial charge in [0.1, 0.15) is 28.8 Å². The van der Waals surface area contributed by atoms with Gasteiger partial charge < -0.3 is 14.8 Å². The summed E-state index contributed by atoms with van der Waals surface area (Å²) in [5, 5.41) is 1.81. The number of thioether (sulfide) groups is 1. The van der Waals surface area contributed by atoms with Gasteiger partial charge in [0.25, 0.3) is 0 Å².